The molecule has 1 aromatic carbocycles. The maximum absolute atomic E-state index is 12.8. The van der Waals surface area contributed by atoms with Crippen molar-refractivity contribution in [2.24, 2.45) is 7.05 Å². The number of amides is 1. The number of hydrogen-bond acceptors (Lipinski definition) is 2. The SMILES string of the molecule is Cn1cc(CC(=O)NC2CCCc3c2cnn3C(C)(C)C)c2ccccc21. The second-order valence-corrected chi connectivity index (χ2v) is 8.60. The Morgan fingerprint density at radius 2 is 2.07 bits per heavy atom. The number of benzene rings is 1. The molecule has 0 fully saturated rings. The monoisotopic (exact) mass is 364 g/mol. The summed E-state index contributed by atoms with van der Waals surface area (Å²) < 4.78 is 4.20. The lowest BCUT2D eigenvalue weighted by molar-refractivity contribution is -0.121. The summed E-state index contributed by atoms with van der Waals surface area (Å²) in [7, 11) is 2.03. The van der Waals surface area contributed by atoms with Gasteiger partial charge in [0.25, 0.3) is 0 Å². The van der Waals surface area contributed by atoms with Crippen LogP contribution in [0, 0.1) is 0 Å². The van der Waals surface area contributed by atoms with Crippen LogP contribution in [0.2, 0.25) is 0 Å². The van der Waals surface area contributed by atoms with Crippen LogP contribution in [0.1, 0.15) is 56.5 Å². The summed E-state index contributed by atoms with van der Waals surface area (Å²) in [6.45, 7) is 6.51. The van der Waals surface area contributed by atoms with Crippen molar-refractivity contribution in [3.8, 4) is 0 Å². The van der Waals surface area contributed by atoms with E-state index in [2.05, 4.69) is 58.8 Å². The molecule has 0 saturated carbocycles. The fourth-order valence-electron chi connectivity index (χ4n) is 4.27. The number of nitrogens with one attached hydrogen (secondary N) is 1. The van der Waals surface area contributed by atoms with E-state index in [9.17, 15) is 4.79 Å². The average molecular weight is 364 g/mol. The van der Waals surface area contributed by atoms with Gasteiger partial charge < -0.3 is 9.88 Å². The summed E-state index contributed by atoms with van der Waals surface area (Å²) in [4.78, 5) is 12.8. The van der Waals surface area contributed by atoms with Gasteiger partial charge in [-0.25, -0.2) is 0 Å². The van der Waals surface area contributed by atoms with Crippen LogP contribution < -0.4 is 5.32 Å². The highest BCUT2D eigenvalue weighted by molar-refractivity contribution is 5.89. The number of nitrogens with zero attached hydrogens (tertiary/aromatic N) is 3. The van der Waals surface area contributed by atoms with Crippen molar-refractivity contribution in [2.45, 2.75) is 58.0 Å². The molecule has 5 nitrogen and oxygen atoms in total. The van der Waals surface area contributed by atoms with Crippen LogP contribution in [-0.2, 0) is 30.2 Å². The van der Waals surface area contributed by atoms with Crippen LogP contribution in [0.15, 0.2) is 36.7 Å². The molecular formula is C22H28N4O. The molecule has 4 rings (SSSR count). The van der Waals surface area contributed by atoms with Gasteiger partial charge in [0.05, 0.1) is 24.2 Å². The number of aryl methyl sites for hydroxylation is 1. The lowest BCUT2D eigenvalue weighted by atomic mass is 9.92. The van der Waals surface area contributed by atoms with Crippen LogP contribution in [0.4, 0.5) is 0 Å². The first-order valence-corrected chi connectivity index (χ1v) is 9.74. The molecule has 1 atom stereocenters. The number of aromatic nitrogens is 3. The molecule has 1 amide bonds. The number of hydrogen-bond donors (Lipinski definition) is 1. The lowest BCUT2D eigenvalue weighted by Crippen LogP contribution is -2.33. The maximum Gasteiger partial charge on any atom is 0.224 e. The van der Waals surface area contributed by atoms with Crippen molar-refractivity contribution in [1.82, 2.24) is 19.7 Å². The Bertz CT molecular complexity index is 990. The standard InChI is InChI=1S/C22H28N4O/c1-22(2,3)26-20-11-7-9-18(17(20)13-23-26)24-21(27)12-15-14-25(4)19-10-6-5-8-16(15)19/h5-6,8,10,13-14,18H,7,9,11-12H2,1-4H3,(H,24,27). The van der Waals surface area contributed by atoms with Crippen molar-refractivity contribution in [3.05, 3.63) is 53.5 Å². The minimum Gasteiger partial charge on any atom is -0.350 e. The van der Waals surface area contributed by atoms with Crippen LogP contribution in [0.3, 0.4) is 0 Å². The van der Waals surface area contributed by atoms with E-state index in [1.165, 1.54) is 11.3 Å². The first-order chi connectivity index (χ1) is 12.8. The van der Waals surface area contributed by atoms with E-state index in [4.69, 9.17) is 0 Å². The van der Waals surface area contributed by atoms with E-state index >= 15 is 0 Å². The fraction of sp³-hybridized carbons (Fsp3) is 0.455. The second kappa shape index (κ2) is 6.55. The first-order valence-electron chi connectivity index (χ1n) is 9.74. The summed E-state index contributed by atoms with van der Waals surface area (Å²) >= 11 is 0. The number of rotatable bonds is 3. The predicted molar refractivity (Wildman–Crippen MR) is 108 cm³/mol. The van der Waals surface area contributed by atoms with E-state index in [1.54, 1.807) is 0 Å². The van der Waals surface area contributed by atoms with Crippen molar-refractivity contribution < 1.29 is 4.79 Å². The number of carbonyl (C=O) groups excluding carboxylic acids is 1. The number of para-hydroxylation sites is 1. The van der Waals surface area contributed by atoms with Crippen LogP contribution in [0.25, 0.3) is 10.9 Å². The predicted octanol–water partition coefficient (Wildman–Crippen LogP) is 3.87. The third-order valence-electron chi connectivity index (χ3n) is 5.48. The number of carbonyl (C=O) groups is 1. The van der Waals surface area contributed by atoms with Crippen LogP contribution in [-0.4, -0.2) is 20.3 Å². The van der Waals surface area contributed by atoms with Gasteiger partial charge in [0.1, 0.15) is 0 Å². The molecule has 1 aliphatic rings. The first kappa shape index (κ1) is 17.8. The fourth-order valence-corrected chi connectivity index (χ4v) is 4.27. The molecule has 0 bridgehead atoms. The summed E-state index contributed by atoms with van der Waals surface area (Å²) in [5.74, 6) is 0.0766. The zero-order valence-electron chi connectivity index (χ0n) is 16.6. The van der Waals surface area contributed by atoms with Gasteiger partial charge in [0.2, 0.25) is 5.91 Å². The molecule has 0 saturated heterocycles. The molecule has 142 valence electrons. The van der Waals surface area contributed by atoms with Gasteiger partial charge in [0, 0.05) is 35.4 Å². The Kier molecular flexibility index (Phi) is 4.33. The van der Waals surface area contributed by atoms with Gasteiger partial charge in [-0.3, -0.25) is 9.48 Å². The van der Waals surface area contributed by atoms with Gasteiger partial charge >= 0.3 is 0 Å². The summed E-state index contributed by atoms with van der Waals surface area (Å²) in [6, 6.07) is 8.29. The second-order valence-electron chi connectivity index (χ2n) is 8.60. The Hall–Kier alpha value is -2.56. The Morgan fingerprint density at radius 1 is 1.30 bits per heavy atom. The van der Waals surface area contributed by atoms with E-state index in [0.29, 0.717) is 6.42 Å². The molecule has 0 aliphatic heterocycles. The Morgan fingerprint density at radius 3 is 2.85 bits per heavy atom. The van der Waals surface area contributed by atoms with Gasteiger partial charge in [-0.15, -0.1) is 0 Å². The van der Waals surface area contributed by atoms with Crippen LogP contribution in [0.5, 0.6) is 0 Å². The largest absolute Gasteiger partial charge is 0.350 e. The van der Waals surface area contributed by atoms with Gasteiger partial charge in [-0.1, -0.05) is 18.2 Å². The van der Waals surface area contributed by atoms with E-state index in [0.717, 1.165) is 35.7 Å². The van der Waals surface area contributed by atoms with Gasteiger partial charge in [0.15, 0.2) is 0 Å². The molecule has 5 heteroatoms. The Balaban J connectivity index is 1.54. The smallest absolute Gasteiger partial charge is 0.224 e. The van der Waals surface area contributed by atoms with Crippen molar-refractivity contribution >= 4 is 16.8 Å². The summed E-state index contributed by atoms with van der Waals surface area (Å²) in [5.41, 5.74) is 4.65. The minimum atomic E-state index is -0.0392. The minimum absolute atomic E-state index is 0.0392. The topological polar surface area (TPSA) is 51.9 Å². The van der Waals surface area contributed by atoms with Crippen molar-refractivity contribution in [2.75, 3.05) is 0 Å². The van der Waals surface area contributed by atoms with Crippen molar-refractivity contribution in [3.63, 3.8) is 0 Å². The normalized spacial score (nSPS) is 17.1. The quantitative estimate of drug-likeness (QED) is 0.767. The highest BCUT2D eigenvalue weighted by Crippen LogP contribution is 2.32. The van der Waals surface area contributed by atoms with E-state index in [-0.39, 0.29) is 17.5 Å². The van der Waals surface area contributed by atoms with Gasteiger partial charge in [-0.05, 0) is 51.7 Å². The molecule has 27 heavy (non-hydrogen) atoms. The highest BCUT2D eigenvalue weighted by atomic mass is 16.1. The molecule has 0 spiro atoms. The molecular weight excluding hydrogens is 336 g/mol. The molecule has 0 radical (unpaired) electrons. The summed E-state index contributed by atoms with van der Waals surface area (Å²) in [6.07, 6.45) is 7.50. The van der Waals surface area contributed by atoms with E-state index < -0.39 is 0 Å². The third-order valence-corrected chi connectivity index (χ3v) is 5.48. The van der Waals surface area contributed by atoms with E-state index in [1.807, 2.05) is 25.4 Å². The van der Waals surface area contributed by atoms with Crippen LogP contribution >= 0.6 is 0 Å². The number of fused-ring (bicyclic) bond motifs is 2. The maximum atomic E-state index is 12.8. The zero-order valence-corrected chi connectivity index (χ0v) is 16.6. The van der Waals surface area contributed by atoms with Crippen molar-refractivity contribution in [1.29, 1.82) is 0 Å². The molecule has 2 aromatic heterocycles. The zero-order chi connectivity index (χ0) is 19.2. The molecule has 1 aliphatic carbocycles. The average Bonchev–Trinajstić information content (AvgIpc) is 3.18. The highest BCUT2D eigenvalue weighted by Gasteiger charge is 2.29. The summed E-state index contributed by atoms with van der Waals surface area (Å²) in [5, 5.41) is 9.03. The molecule has 1 N–H and O–H groups in total. The Labute approximate surface area is 160 Å². The molecule has 3 aromatic rings. The van der Waals surface area contributed by atoms with Gasteiger partial charge in [-0.2, -0.15) is 5.10 Å². The molecule has 1 unspecified atom stereocenters. The third kappa shape index (κ3) is 3.27. The lowest BCUT2D eigenvalue weighted by Gasteiger charge is -2.28. The molecule has 2 heterocycles.